The zero-order chi connectivity index (χ0) is 13.0. The van der Waals surface area contributed by atoms with E-state index in [-0.39, 0.29) is 0 Å². The van der Waals surface area contributed by atoms with Crippen LogP contribution < -0.4 is 5.32 Å². The normalized spacial score (nSPS) is 20.6. The van der Waals surface area contributed by atoms with Crippen LogP contribution in [0.1, 0.15) is 24.5 Å². The molecule has 1 N–H and O–H groups in total. The number of nitrogens with zero attached hydrogens (tertiary/aromatic N) is 1. The molecule has 18 heavy (non-hydrogen) atoms. The summed E-state index contributed by atoms with van der Waals surface area (Å²) in [5.41, 5.74) is 1.86. The Labute approximate surface area is 116 Å². The maximum Gasteiger partial charge on any atom is 0.0992 e. The van der Waals surface area contributed by atoms with Gasteiger partial charge in [0, 0.05) is 23.7 Å². The standard InChI is InChI=1S/C14H17BrN2O/c1-10(13-4-5-18-9-13)17-8-12-3-2-11(7-16)6-14(12)15/h2-3,6,10,13,17H,4-5,8-9H2,1H3/t10-,13+/m1/s1. The lowest BCUT2D eigenvalue weighted by Crippen LogP contribution is -2.33. The first-order valence-electron chi connectivity index (χ1n) is 6.20. The van der Waals surface area contributed by atoms with Crippen molar-refractivity contribution in [3.05, 3.63) is 33.8 Å². The van der Waals surface area contributed by atoms with Gasteiger partial charge in [0.15, 0.2) is 0 Å². The lowest BCUT2D eigenvalue weighted by molar-refractivity contribution is 0.178. The largest absolute Gasteiger partial charge is 0.381 e. The molecule has 4 heteroatoms. The fourth-order valence-corrected chi connectivity index (χ4v) is 2.66. The van der Waals surface area contributed by atoms with Crippen LogP contribution >= 0.6 is 15.9 Å². The third-order valence-corrected chi connectivity index (χ3v) is 4.21. The van der Waals surface area contributed by atoms with Crippen LogP contribution in [0.3, 0.4) is 0 Å². The van der Waals surface area contributed by atoms with E-state index in [0.29, 0.717) is 17.5 Å². The molecule has 0 saturated carbocycles. The van der Waals surface area contributed by atoms with Crippen LogP contribution in [0.5, 0.6) is 0 Å². The van der Waals surface area contributed by atoms with Crippen LogP contribution in [-0.4, -0.2) is 19.3 Å². The van der Waals surface area contributed by atoms with Gasteiger partial charge in [-0.1, -0.05) is 22.0 Å². The van der Waals surface area contributed by atoms with Gasteiger partial charge in [0.1, 0.15) is 0 Å². The first-order chi connectivity index (χ1) is 8.70. The average Bonchev–Trinajstić information content (AvgIpc) is 2.90. The number of hydrogen-bond donors (Lipinski definition) is 1. The lowest BCUT2D eigenvalue weighted by atomic mass is 10.0. The van der Waals surface area contributed by atoms with Crippen LogP contribution in [-0.2, 0) is 11.3 Å². The molecule has 2 rings (SSSR count). The van der Waals surface area contributed by atoms with E-state index in [9.17, 15) is 0 Å². The van der Waals surface area contributed by atoms with Crippen molar-refractivity contribution in [2.45, 2.75) is 25.9 Å². The summed E-state index contributed by atoms with van der Waals surface area (Å²) in [5.74, 6) is 0.613. The first kappa shape index (κ1) is 13.5. The second kappa shape index (κ2) is 6.33. The molecular formula is C14H17BrN2O. The summed E-state index contributed by atoms with van der Waals surface area (Å²) in [6.45, 7) is 4.76. The summed E-state index contributed by atoms with van der Waals surface area (Å²) >= 11 is 3.51. The van der Waals surface area contributed by atoms with Gasteiger partial charge in [0.05, 0.1) is 18.2 Å². The Bertz CT molecular complexity index is 450. The Balaban J connectivity index is 1.91. The van der Waals surface area contributed by atoms with E-state index in [0.717, 1.165) is 30.7 Å². The van der Waals surface area contributed by atoms with Crippen molar-refractivity contribution in [1.29, 1.82) is 5.26 Å². The topological polar surface area (TPSA) is 45.0 Å². The number of hydrogen-bond acceptors (Lipinski definition) is 3. The highest BCUT2D eigenvalue weighted by molar-refractivity contribution is 9.10. The molecule has 0 aromatic heterocycles. The maximum absolute atomic E-state index is 8.81. The van der Waals surface area contributed by atoms with Gasteiger partial charge in [-0.3, -0.25) is 0 Å². The smallest absolute Gasteiger partial charge is 0.0992 e. The first-order valence-corrected chi connectivity index (χ1v) is 6.99. The number of ether oxygens (including phenoxy) is 1. The molecule has 0 bridgehead atoms. The van der Waals surface area contributed by atoms with E-state index in [4.69, 9.17) is 10.00 Å². The van der Waals surface area contributed by atoms with Gasteiger partial charge in [-0.05, 0) is 37.0 Å². The summed E-state index contributed by atoms with van der Waals surface area (Å²) in [7, 11) is 0. The molecule has 1 aromatic rings. The summed E-state index contributed by atoms with van der Waals surface area (Å²) in [6.07, 6.45) is 1.14. The number of benzene rings is 1. The zero-order valence-corrected chi connectivity index (χ0v) is 12.0. The fraction of sp³-hybridized carbons (Fsp3) is 0.500. The number of nitriles is 1. The van der Waals surface area contributed by atoms with E-state index < -0.39 is 0 Å². The molecule has 0 spiro atoms. The summed E-state index contributed by atoms with van der Waals surface area (Å²) < 4.78 is 6.39. The quantitative estimate of drug-likeness (QED) is 0.930. The lowest BCUT2D eigenvalue weighted by Gasteiger charge is -2.19. The van der Waals surface area contributed by atoms with Crippen molar-refractivity contribution < 1.29 is 4.74 Å². The van der Waals surface area contributed by atoms with Crippen LogP contribution in [0.25, 0.3) is 0 Å². The minimum Gasteiger partial charge on any atom is -0.381 e. The van der Waals surface area contributed by atoms with E-state index >= 15 is 0 Å². The highest BCUT2D eigenvalue weighted by Gasteiger charge is 2.21. The Morgan fingerprint density at radius 1 is 1.61 bits per heavy atom. The van der Waals surface area contributed by atoms with E-state index in [1.165, 1.54) is 5.56 Å². The predicted molar refractivity (Wildman–Crippen MR) is 74.1 cm³/mol. The second-order valence-electron chi connectivity index (χ2n) is 4.71. The minimum atomic E-state index is 0.454. The second-order valence-corrected chi connectivity index (χ2v) is 5.57. The molecule has 96 valence electrons. The van der Waals surface area contributed by atoms with Gasteiger partial charge in [0.2, 0.25) is 0 Å². The van der Waals surface area contributed by atoms with Crippen molar-refractivity contribution in [2.24, 2.45) is 5.92 Å². The van der Waals surface area contributed by atoms with Crippen LogP contribution in [0.15, 0.2) is 22.7 Å². The van der Waals surface area contributed by atoms with Gasteiger partial charge in [-0.25, -0.2) is 0 Å². The van der Waals surface area contributed by atoms with Gasteiger partial charge in [0.25, 0.3) is 0 Å². The molecule has 0 amide bonds. The molecule has 1 heterocycles. The van der Waals surface area contributed by atoms with Gasteiger partial charge >= 0.3 is 0 Å². The molecule has 1 aromatic carbocycles. The molecule has 1 fully saturated rings. The van der Waals surface area contributed by atoms with E-state index in [1.807, 2.05) is 18.2 Å². The van der Waals surface area contributed by atoms with Crippen molar-refractivity contribution in [1.82, 2.24) is 5.32 Å². The van der Waals surface area contributed by atoms with E-state index in [2.05, 4.69) is 34.2 Å². The number of halogens is 1. The van der Waals surface area contributed by atoms with Crippen molar-refractivity contribution in [3.63, 3.8) is 0 Å². The SMILES string of the molecule is C[C@@H](NCc1ccc(C#N)cc1Br)[C@H]1CCOC1. The molecule has 1 aliphatic heterocycles. The molecular weight excluding hydrogens is 292 g/mol. The van der Waals surface area contributed by atoms with E-state index in [1.54, 1.807) is 0 Å². The Hall–Kier alpha value is -0.890. The van der Waals surface area contributed by atoms with Crippen molar-refractivity contribution >= 4 is 15.9 Å². The van der Waals surface area contributed by atoms with Gasteiger partial charge in [-0.15, -0.1) is 0 Å². The predicted octanol–water partition coefficient (Wildman–Crippen LogP) is 2.84. The molecule has 0 radical (unpaired) electrons. The molecule has 0 aliphatic carbocycles. The van der Waals surface area contributed by atoms with Crippen molar-refractivity contribution in [3.8, 4) is 6.07 Å². The van der Waals surface area contributed by atoms with Crippen LogP contribution in [0.4, 0.5) is 0 Å². The molecule has 2 atom stereocenters. The Morgan fingerprint density at radius 3 is 3.06 bits per heavy atom. The van der Waals surface area contributed by atoms with Crippen molar-refractivity contribution in [2.75, 3.05) is 13.2 Å². The fourth-order valence-electron chi connectivity index (χ4n) is 2.14. The number of nitrogens with one attached hydrogen (secondary N) is 1. The van der Waals surface area contributed by atoms with Crippen LogP contribution in [0.2, 0.25) is 0 Å². The maximum atomic E-state index is 8.81. The molecule has 3 nitrogen and oxygen atoms in total. The van der Waals surface area contributed by atoms with Crippen LogP contribution in [0, 0.1) is 17.2 Å². The van der Waals surface area contributed by atoms with Gasteiger partial charge in [-0.2, -0.15) is 5.26 Å². The number of rotatable bonds is 4. The highest BCUT2D eigenvalue weighted by Crippen LogP contribution is 2.20. The molecule has 1 saturated heterocycles. The average molecular weight is 309 g/mol. The molecule has 0 unspecified atom stereocenters. The van der Waals surface area contributed by atoms with Gasteiger partial charge < -0.3 is 10.1 Å². The Morgan fingerprint density at radius 2 is 2.44 bits per heavy atom. The highest BCUT2D eigenvalue weighted by atomic mass is 79.9. The zero-order valence-electron chi connectivity index (χ0n) is 10.4. The summed E-state index contributed by atoms with van der Waals surface area (Å²) in [6, 6.07) is 8.30. The monoisotopic (exact) mass is 308 g/mol. The third kappa shape index (κ3) is 3.32. The summed E-state index contributed by atoms with van der Waals surface area (Å²) in [4.78, 5) is 0. The Kier molecular flexibility index (Phi) is 4.76. The summed E-state index contributed by atoms with van der Waals surface area (Å²) in [5, 5.41) is 12.3. The third-order valence-electron chi connectivity index (χ3n) is 3.47. The minimum absolute atomic E-state index is 0.454. The molecule has 1 aliphatic rings.